The Morgan fingerprint density at radius 1 is 1.13 bits per heavy atom. The predicted molar refractivity (Wildman–Crippen MR) is 107 cm³/mol. The molecule has 1 heterocycles. The molecule has 6 nitrogen and oxygen atoms in total. The average molecular weight is 436 g/mol. The van der Waals surface area contributed by atoms with Crippen LogP contribution in [0, 0.1) is 12.8 Å². The van der Waals surface area contributed by atoms with E-state index in [-0.39, 0.29) is 11.1 Å². The molecule has 2 aromatic carbocycles. The van der Waals surface area contributed by atoms with Crippen LogP contribution in [0.2, 0.25) is 0 Å². The van der Waals surface area contributed by atoms with E-state index >= 15 is 0 Å². The van der Waals surface area contributed by atoms with E-state index in [0.29, 0.717) is 12.4 Å². The van der Waals surface area contributed by atoms with Crippen LogP contribution >= 0.6 is 0 Å². The van der Waals surface area contributed by atoms with Crippen LogP contribution < -0.4 is 15.4 Å². The normalized spacial score (nSPS) is 23.6. The standard InChI is InChI=1S/C22H23F3N2O4/c1-3-12-31-16-10-8-14(9-11-16)18-17(19(28)15-6-4-13(2)5-7-15)21(30,22(23,24)25)27-20(29)26-18/h4-11,17-18,30H,3,12H2,1-2H3,(H2,26,27,29). The van der Waals surface area contributed by atoms with Gasteiger partial charge in [-0.2, -0.15) is 13.2 Å². The summed E-state index contributed by atoms with van der Waals surface area (Å²) in [6, 6.07) is 9.32. The summed E-state index contributed by atoms with van der Waals surface area (Å²) in [5, 5.41) is 14.5. The number of rotatable bonds is 6. The van der Waals surface area contributed by atoms with Crippen LogP contribution in [0.3, 0.4) is 0 Å². The fourth-order valence-corrected chi connectivity index (χ4v) is 3.51. The molecule has 0 radical (unpaired) electrons. The highest BCUT2D eigenvalue weighted by molar-refractivity contribution is 6.00. The lowest BCUT2D eigenvalue weighted by molar-refractivity contribution is -0.287. The Balaban J connectivity index is 2.06. The third kappa shape index (κ3) is 4.51. The lowest BCUT2D eigenvalue weighted by Gasteiger charge is -2.45. The molecule has 1 aliphatic rings. The van der Waals surface area contributed by atoms with Gasteiger partial charge in [0.25, 0.3) is 0 Å². The second-order valence-corrected chi connectivity index (χ2v) is 7.47. The Kier molecular flexibility index (Phi) is 6.26. The maximum absolute atomic E-state index is 13.9. The summed E-state index contributed by atoms with van der Waals surface area (Å²) in [7, 11) is 0. The summed E-state index contributed by atoms with van der Waals surface area (Å²) < 4.78 is 47.2. The lowest BCUT2D eigenvalue weighted by Crippen LogP contribution is -2.72. The SMILES string of the molecule is CCCOc1ccc(C2NC(=O)NC(O)(C(F)(F)F)C2C(=O)c2ccc(C)cc2)cc1. The second kappa shape index (κ2) is 8.58. The number of Topliss-reactive ketones (excluding diaryl/α,β-unsaturated/α-hetero) is 1. The largest absolute Gasteiger partial charge is 0.494 e. The molecule has 0 saturated carbocycles. The van der Waals surface area contributed by atoms with Crippen molar-refractivity contribution in [2.24, 2.45) is 5.92 Å². The van der Waals surface area contributed by atoms with Gasteiger partial charge in [-0.05, 0) is 31.0 Å². The Bertz CT molecular complexity index is 945. The summed E-state index contributed by atoms with van der Waals surface area (Å²) in [4.78, 5) is 25.2. The second-order valence-electron chi connectivity index (χ2n) is 7.47. The fourth-order valence-electron chi connectivity index (χ4n) is 3.51. The van der Waals surface area contributed by atoms with Crippen LogP contribution in [-0.4, -0.2) is 35.4 Å². The van der Waals surface area contributed by atoms with Gasteiger partial charge >= 0.3 is 12.2 Å². The van der Waals surface area contributed by atoms with E-state index in [1.807, 2.05) is 6.92 Å². The summed E-state index contributed by atoms with van der Waals surface area (Å²) in [5.74, 6) is -2.52. The van der Waals surface area contributed by atoms with Gasteiger partial charge in [-0.25, -0.2) is 4.79 Å². The molecular weight excluding hydrogens is 413 g/mol. The van der Waals surface area contributed by atoms with Crippen molar-refractivity contribution in [3.8, 4) is 5.75 Å². The first-order chi connectivity index (χ1) is 14.6. The summed E-state index contributed by atoms with van der Waals surface area (Å²) in [5.41, 5.74) is -2.72. The van der Waals surface area contributed by atoms with Gasteiger partial charge in [0.15, 0.2) is 5.78 Å². The number of amides is 2. The number of carbonyl (C=O) groups is 2. The van der Waals surface area contributed by atoms with E-state index in [1.54, 1.807) is 31.2 Å². The van der Waals surface area contributed by atoms with Crippen LogP contribution in [0.25, 0.3) is 0 Å². The van der Waals surface area contributed by atoms with Gasteiger partial charge in [0, 0.05) is 5.56 Å². The number of aliphatic hydroxyl groups is 1. The zero-order valence-electron chi connectivity index (χ0n) is 17.0. The molecule has 0 bridgehead atoms. The molecule has 166 valence electrons. The van der Waals surface area contributed by atoms with E-state index in [1.165, 1.54) is 29.6 Å². The summed E-state index contributed by atoms with van der Waals surface area (Å²) in [6.45, 7) is 4.16. The lowest BCUT2D eigenvalue weighted by atomic mass is 9.77. The number of nitrogens with one attached hydrogen (secondary N) is 2. The van der Waals surface area contributed by atoms with E-state index in [4.69, 9.17) is 4.74 Å². The van der Waals surface area contributed by atoms with Crippen molar-refractivity contribution in [3.63, 3.8) is 0 Å². The Labute approximate surface area is 177 Å². The minimum Gasteiger partial charge on any atom is -0.494 e. The number of hydrogen-bond donors (Lipinski definition) is 3. The van der Waals surface area contributed by atoms with Crippen molar-refractivity contribution in [1.82, 2.24) is 10.6 Å². The fraction of sp³-hybridized carbons (Fsp3) is 0.364. The van der Waals surface area contributed by atoms with Crippen molar-refractivity contribution >= 4 is 11.8 Å². The van der Waals surface area contributed by atoms with Gasteiger partial charge in [-0.15, -0.1) is 0 Å². The number of benzene rings is 2. The molecular formula is C22H23F3N2O4. The molecule has 0 aromatic heterocycles. The van der Waals surface area contributed by atoms with E-state index in [0.717, 1.165) is 12.0 Å². The first-order valence-corrected chi connectivity index (χ1v) is 9.78. The average Bonchev–Trinajstić information content (AvgIpc) is 2.71. The maximum Gasteiger partial charge on any atom is 0.437 e. The molecule has 1 saturated heterocycles. The molecule has 0 spiro atoms. The van der Waals surface area contributed by atoms with E-state index in [9.17, 15) is 27.9 Å². The van der Waals surface area contributed by atoms with Crippen LogP contribution in [0.15, 0.2) is 48.5 Å². The number of carbonyl (C=O) groups excluding carboxylic acids is 2. The minimum absolute atomic E-state index is 0.0101. The molecule has 0 aliphatic carbocycles. The van der Waals surface area contributed by atoms with Crippen LogP contribution in [0.4, 0.5) is 18.0 Å². The molecule has 9 heteroatoms. The first-order valence-electron chi connectivity index (χ1n) is 9.78. The van der Waals surface area contributed by atoms with Crippen molar-refractivity contribution < 1.29 is 32.6 Å². The van der Waals surface area contributed by atoms with Gasteiger partial charge in [0.05, 0.1) is 12.6 Å². The maximum atomic E-state index is 13.9. The van der Waals surface area contributed by atoms with Gasteiger partial charge in [0.2, 0.25) is 5.72 Å². The van der Waals surface area contributed by atoms with E-state index in [2.05, 4.69) is 5.32 Å². The summed E-state index contributed by atoms with van der Waals surface area (Å²) in [6.07, 6.45) is -4.52. The zero-order chi connectivity index (χ0) is 22.8. The molecule has 31 heavy (non-hydrogen) atoms. The number of hydrogen-bond acceptors (Lipinski definition) is 4. The first kappa shape index (κ1) is 22.6. The molecule has 2 aromatic rings. The molecule has 3 atom stereocenters. The van der Waals surface area contributed by atoms with Crippen LogP contribution in [0.5, 0.6) is 5.75 Å². The predicted octanol–water partition coefficient (Wildman–Crippen LogP) is 3.89. The number of alkyl halides is 3. The number of urea groups is 1. The highest BCUT2D eigenvalue weighted by Crippen LogP contribution is 2.44. The Hall–Kier alpha value is -3.07. The number of halogens is 3. The topological polar surface area (TPSA) is 87.7 Å². The Morgan fingerprint density at radius 2 is 1.74 bits per heavy atom. The molecule has 1 aliphatic heterocycles. The monoisotopic (exact) mass is 436 g/mol. The number of ketones is 1. The highest BCUT2D eigenvalue weighted by Gasteiger charge is 2.66. The quantitative estimate of drug-likeness (QED) is 0.600. The molecule has 3 unspecified atom stereocenters. The third-order valence-electron chi connectivity index (χ3n) is 5.14. The van der Waals surface area contributed by atoms with Crippen molar-refractivity contribution in [3.05, 3.63) is 65.2 Å². The Morgan fingerprint density at radius 3 is 2.29 bits per heavy atom. The van der Waals surface area contributed by atoms with Crippen molar-refractivity contribution in [2.75, 3.05) is 6.61 Å². The number of aryl methyl sites for hydroxylation is 1. The van der Waals surface area contributed by atoms with E-state index < -0.39 is 35.7 Å². The van der Waals surface area contributed by atoms with Gasteiger partial charge in [0.1, 0.15) is 11.7 Å². The highest BCUT2D eigenvalue weighted by atomic mass is 19.4. The van der Waals surface area contributed by atoms with Crippen molar-refractivity contribution in [2.45, 2.75) is 38.2 Å². The molecule has 1 fully saturated rings. The van der Waals surface area contributed by atoms with Crippen LogP contribution in [-0.2, 0) is 0 Å². The summed E-state index contributed by atoms with van der Waals surface area (Å²) >= 11 is 0. The third-order valence-corrected chi connectivity index (χ3v) is 5.14. The minimum atomic E-state index is -5.29. The molecule has 3 rings (SSSR count). The van der Waals surface area contributed by atoms with Crippen molar-refractivity contribution in [1.29, 1.82) is 0 Å². The van der Waals surface area contributed by atoms with Gasteiger partial charge in [-0.1, -0.05) is 48.9 Å². The number of ether oxygens (including phenoxy) is 1. The van der Waals surface area contributed by atoms with Crippen LogP contribution in [0.1, 0.15) is 40.9 Å². The van der Waals surface area contributed by atoms with Gasteiger partial charge in [-0.3, -0.25) is 4.79 Å². The van der Waals surface area contributed by atoms with Gasteiger partial charge < -0.3 is 20.5 Å². The molecule has 3 N–H and O–H groups in total. The smallest absolute Gasteiger partial charge is 0.437 e. The molecule has 2 amide bonds. The zero-order valence-corrected chi connectivity index (χ0v) is 17.0.